The third kappa shape index (κ3) is 6.02. The fourth-order valence-electron chi connectivity index (χ4n) is 2.95. The highest BCUT2D eigenvalue weighted by Gasteiger charge is 2.26. The molecule has 2 aromatic rings. The number of ether oxygens (including phenoxy) is 1. The number of sulfonamides is 1. The van der Waals surface area contributed by atoms with Crippen molar-refractivity contribution in [2.45, 2.75) is 38.5 Å². The molecule has 0 fully saturated rings. The zero-order chi connectivity index (χ0) is 23.2. The Balaban J connectivity index is 2.17. The van der Waals surface area contributed by atoms with Crippen molar-refractivity contribution in [3.05, 3.63) is 58.1 Å². The summed E-state index contributed by atoms with van der Waals surface area (Å²) < 4.78 is 31.8. The third-order valence-corrected chi connectivity index (χ3v) is 6.71. The van der Waals surface area contributed by atoms with Crippen LogP contribution in [0.25, 0.3) is 0 Å². The van der Waals surface area contributed by atoms with Crippen molar-refractivity contribution in [2.24, 2.45) is 0 Å². The van der Waals surface area contributed by atoms with Crippen LogP contribution in [0.2, 0.25) is 0 Å². The van der Waals surface area contributed by atoms with E-state index in [4.69, 9.17) is 4.74 Å². The molecule has 0 saturated heterocycles. The lowest BCUT2D eigenvalue weighted by Crippen LogP contribution is -2.30. The molecule has 0 unspecified atom stereocenters. The minimum absolute atomic E-state index is 0.186. The van der Waals surface area contributed by atoms with Crippen LogP contribution >= 0.6 is 0 Å². The Hall–Kier alpha value is -2.98. The Morgan fingerprint density at radius 2 is 1.84 bits per heavy atom. The van der Waals surface area contributed by atoms with Crippen molar-refractivity contribution in [2.75, 3.05) is 25.0 Å². The van der Waals surface area contributed by atoms with Gasteiger partial charge in [-0.3, -0.25) is 14.9 Å². The number of hydrogen-bond donors (Lipinski definition) is 1. The number of hydrogen-bond acceptors (Lipinski definition) is 6. The van der Waals surface area contributed by atoms with Crippen LogP contribution in [0.4, 0.5) is 11.4 Å². The lowest BCUT2D eigenvalue weighted by molar-refractivity contribution is -0.386. The third-order valence-electron chi connectivity index (χ3n) is 4.67. The summed E-state index contributed by atoms with van der Waals surface area (Å²) in [7, 11) is -3.86. The van der Waals surface area contributed by atoms with E-state index < -0.39 is 33.1 Å². The molecule has 31 heavy (non-hydrogen) atoms. The first-order valence-electron chi connectivity index (χ1n) is 9.91. The molecule has 0 aliphatic carbocycles. The van der Waals surface area contributed by atoms with Gasteiger partial charge in [0.05, 0.1) is 9.82 Å². The summed E-state index contributed by atoms with van der Waals surface area (Å²) in [5, 5.41) is 14.1. The lowest BCUT2D eigenvalue weighted by atomic mass is 10.0. The van der Waals surface area contributed by atoms with Gasteiger partial charge in [0.2, 0.25) is 10.0 Å². The molecule has 0 aromatic heterocycles. The van der Waals surface area contributed by atoms with Gasteiger partial charge in [0.1, 0.15) is 0 Å². The summed E-state index contributed by atoms with van der Waals surface area (Å²) in [4.78, 5) is 22.8. The summed E-state index contributed by atoms with van der Waals surface area (Å²) in [6, 6.07) is 10.7. The number of amides is 1. The van der Waals surface area contributed by atoms with E-state index in [1.54, 1.807) is 19.9 Å². The van der Waals surface area contributed by atoms with E-state index in [1.807, 2.05) is 32.0 Å². The van der Waals surface area contributed by atoms with Gasteiger partial charge in [0, 0.05) is 24.8 Å². The standard InChI is InChI=1S/C21H27N3O6S/c1-5-23(6-2)31(28,29)18-10-11-20(19(13-18)24(26)27)30-14-21(25)22-17-9-7-8-16(12-17)15(3)4/h7-13,15H,5-6,14H2,1-4H3,(H,22,25). The number of carbonyl (C=O) groups is 1. The van der Waals surface area contributed by atoms with E-state index in [0.717, 1.165) is 11.6 Å². The summed E-state index contributed by atoms with van der Waals surface area (Å²) in [6.07, 6.45) is 0. The molecule has 0 atom stereocenters. The minimum Gasteiger partial charge on any atom is -0.477 e. The molecule has 1 N–H and O–H groups in total. The van der Waals surface area contributed by atoms with E-state index in [0.29, 0.717) is 11.6 Å². The van der Waals surface area contributed by atoms with E-state index >= 15 is 0 Å². The molecule has 0 bridgehead atoms. The maximum Gasteiger partial charge on any atom is 0.312 e. The molecule has 2 aromatic carbocycles. The number of anilines is 1. The molecule has 0 heterocycles. The van der Waals surface area contributed by atoms with Crippen LogP contribution in [-0.4, -0.2) is 43.2 Å². The summed E-state index contributed by atoms with van der Waals surface area (Å²) in [6.45, 7) is 7.45. The van der Waals surface area contributed by atoms with Gasteiger partial charge in [-0.25, -0.2) is 8.42 Å². The summed E-state index contributed by atoms with van der Waals surface area (Å²) in [5.41, 5.74) is 1.12. The zero-order valence-corrected chi connectivity index (χ0v) is 18.8. The molecule has 0 radical (unpaired) electrons. The van der Waals surface area contributed by atoms with Crippen LogP contribution < -0.4 is 10.1 Å². The highest BCUT2D eigenvalue weighted by molar-refractivity contribution is 7.89. The molecule has 2 rings (SSSR count). The number of benzene rings is 2. The highest BCUT2D eigenvalue weighted by Crippen LogP contribution is 2.31. The topological polar surface area (TPSA) is 119 Å². The average Bonchev–Trinajstić information content (AvgIpc) is 2.72. The van der Waals surface area contributed by atoms with Crippen LogP contribution in [0, 0.1) is 10.1 Å². The quantitative estimate of drug-likeness (QED) is 0.436. The second-order valence-electron chi connectivity index (χ2n) is 7.09. The van der Waals surface area contributed by atoms with E-state index in [-0.39, 0.29) is 23.7 Å². The van der Waals surface area contributed by atoms with Gasteiger partial charge < -0.3 is 10.1 Å². The summed E-state index contributed by atoms with van der Waals surface area (Å²) in [5.74, 6) is -0.383. The summed E-state index contributed by atoms with van der Waals surface area (Å²) >= 11 is 0. The van der Waals surface area contributed by atoms with Crippen LogP contribution in [0.1, 0.15) is 39.2 Å². The second-order valence-corrected chi connectivity index (χ2v) is 9.03. The van der Waals surface area contributed by atoms with Gasteiger partial charge >= 0.3 is 5.69 Å². The maximum absolute atomic E-state index is 12.6. The number of carbonyl (C=O) groups excluding carboxylic acids is 1. The largest absolute Gasteiger partial charge is 0.477 e. The molecule has 1 amide bonds. The first-order chi connectivity index (χ1) is 14.6. The van der Waals surface area contributed by atoms with Crippen molar-refractivity contribution in [1.82, 2.24) is 4.31 Å². The van der Waals surface area contributed by atoms with Crippen LogP contribution in [0.5, 0.6) is 5.75 Å². The molecule has 0 spiro atoms. The monoisotopic (exact) mass is 449 g/mol. The Labute approximate surface area is 182 Å². The Morgan fingerprint density at radius 1 is 1.16 bits per heavy atom. The fraction of sp³-hybridized carbons (Fsp3) is 0.381. The minimum atomic E-state index is -3.86. The number of nitro benzene ring substituents is 1. The van der Waals surface area contributed by atoms with E-state index in [1.165, 1.54) is 16.4 Å². The molecule has 0 aliphatic heterocycles. The van der Waals surface area contributed by atoms with Crippen molar-refractivity contribution < 1.29 is 22.9 Å². The molecule has 9 nitrogen and oxygen atoms in total. The molecule has 10 heteroatoms. The molecular formula is C21H27N3O6S. The van der Waals surface area contributed by atoms with Crippen LogP contribution in [0.15, 0.2) is 47.4 Å². The predicted octanol–water partition coefficient (Wildman–Crippen LogP) is 3.77. The van der Waals surface area contributed by atoms with Crippen LogP contribution in [0.3, 0.4) is 0 Å². The Morgan fingerprint density at radius 3 is 2.42 bits per heavy atom. The number of nitrogens with zero attached hydrogens (tertiary/aromatic N) is 2. The molecule has 168 valence electrons. The van der Waals surface area contributed by atoms with E-state index in [9.17, 15) is 23.3 Å². The smallest absolute Gasteiger partial charge is 0.312 e. The number of nitrogens with one attached hydrogen (secondary N) is 1. The normalized spacial score (nSPS) is 11.5. The highest BCUT2D eigenvalue weighted by atomic mass is 32.2. The average molecular weight is 450 g/mol. The SMILES string of the molecule is CCN(CC)S(=O)(=O)c1ccc(OCC(=O)Nc2cccc(C(C)C)c2)c([N+](=O)[O-])c1. The number of rotatable bonds is 10. The zero-order valence-electron chi connectivity index (χ0n) is 18.0. The fourth-order valence-corrected chi connectivity index (χ4v) is 4.43. The Bertz CT molecular complexity index is 1050. The molecule has 0 saturated carbocycles. The lowest BCUT2D eigenvalue weighted by Gasteiger charge is -2.18. The first-order valence-corrected chi connectivity index (χ1v) is 11.3. The van der Waals surface area contributed by atoms with Crippen molar-refractivity contribution in [3.8, 4) is 5.75 Å². The van der Waals surface area contributed by atoms with Crippen molar-refractivity contribution in [1.29, 1.82) is 0 Å². The van der Waals surface area contributed by atoms with Gasteiger partial charge in [-0.2, -0.15) is 4.31 Å². The Kier molecular flexibility index (Phi) is 8.12. The first kappa shape index (κ1) is 24.3. The van der Waals surface area contributed by atoms with Gasteiger partial charge in [-0.05, 0) is 35.7 Å². The van der Waals surface area contributed by atoms with Crippen molar-refractivity contribution in [3.63, 3.8) is 0 Å². The predicted molar refractivity (Wildman–Crippen MR) is 118 cm³/mol. The molecule has 0 aliphatic rings. The second kappa shape index (κ2) is 10.4. The number of nitro groups is 1. The van der Waals surface area contributed by atoms with Gasteiger partial charge in [0.25, 0.3) is 5.91 Å². The van der Waals surface area contributed by atoms with Gasteiger partial charge in [-0.15, -0.1) is 0 Å². The van der Waals surface area contributed by atoms with Gasteiger partial charge in [-0.1, -0.05) is 39.8 Å². The van der Waals surface area contributed by atoms with Crippen molar-refractivity contribution >= 4 is 27.3 Å². The van der Waals surface area contributed by atoms with Gasteiger partial charge in [0.15, 0.2) is 12.4 Å². The molecular weight excluding hydrogens is 422 g/mol. The van der Waals surface area contributed by atoms with Crippen LogP contribution in [-0.2, 0) is 14.8 Å². The maximum atomic E-state index is 12.6. The van der Waals surface area contributed by atoms with E-state index in [2.05, 4.69) is 5.32 Å².